The van der Waals surface area contributed by atoms with Crippen molar-refractivity contribution in [3.05, 3.63) is 70.4 Å². The number of amides is 1. The van der Waals surface area contributed by atoms with E-state index in [9.17, 15) is 28.1 Å². The number of nitrogens with one attached hydrogen (secondary N) is 1. The number of anilines is 2. The Hall–Kier alpha value is -4.55. The smallest absolute Gasteiger partial charge is 0.497 e. The van der Waals surface area contributed by atoms with Gasteiger partial charge in [0, 0.05) is 41.7 Å². The van der Waals surface area contributed by atoms with Crippen molar-refractivity contribution in [1.29, 1.82) is 0 Å². The molecule has 3 rings (SSSR count). The number of methoxy groups -OCH3 is 1. The summed E-state index contributed by atoms with van der Waals surface area (Å²) in [5.74, 6) is -1.59. The second-order valence-corrected chi connectivity index (χ2v) is 6.33. The van der Waals surface area contributed by atoms with E-state index in [0.29, 0.717) is 0 Å². The van der Waals surface area contributed by atoms with Crippen LogP contribution in [0.3, 0.4) is 0 Å². The zero-order chi connectivity index (χ0) is 24.2. The molecule has 0 bridgehead atoms. The summed E-state index contributed by atoms with van der Waals surface area (Å²) in [7, 11) is 1.34. The fourth-order valence-electron chi connectivity index (χ4n) is 2.70. The average Bonchev–Trinajstić information content (AvgIpc) is 2.72. The molecule has 1 heterocycles. The van der Waals surface area contributed by atoms with Crippen molar-refractivity contribution in [3.63, 3.8) is 0 Å². The van der Waals surface area contributed by atoms with Crippen molar-refractivity contribution in [2.45, 2.75) is 6.36 Å². The molecule has 1 amide bonds. The van der Waals surface area contributed by atoms with Gasteiger partial charge >= 0.3 is 12.0 Å². The van der Waals surface area contributed by atoms with Crippen LogP contribution in [0, 0.1) is 10.1 Å². The first kappa shape index (κ1) is 23.1. The topological polar surface area (TPSA) is 139 Å². The van der Waals surface area contributed by atoms with Crippen LogP contribution in [0.25, 0.3) is 0 Å². The summed E-state index contributed by atoms with van der Waals surface area (Å²) in [4.78, 5) is 26.7. The van der Waals surface area contributed by atoms with E-state index in [-0.39, 0.29) is 34.3 Å². The number of hydrogen-bond acceptors (Lipinski definition) is 8. The van der Waals surface area contributed by atoms with E-state index in [2.05, 4.69) is 15.0 Å². The lowest BCUT2D eigenvalue weighted by molar-refractivity contribution is -0.384. The number of carbonyl (C=O) groups excluding carboxylic acids is 1. The Balaban J connectivity index is 1.87. The number of halogens is 3. The van der Waals surface area contributed by atoms with Gasteiger partial charge in [-0.05, 0) is 18.2 Å². The minimum Gasteiger partial charge on any atom is -0.497 e. The third-order valence-electron chi connectivity index (χ3n) is 4.03. The molecule has 0 saturated heterocycles. The predicted molar refractivity (Wildman–Crippen MR) is 109 cm³/mol. The van der Waals surface area contributed by atoms with Crippen LogP contribution in [0.1, 0.15) is 10.4 Å². The van der Waals surface area contributed by atoms with E-state index in [1.54, 1.807) is 0 Å². The van der Waals surface area contributed by atoms with Gasteiger partial charge in [-0.3, -0.25) is 14.9 Å². The molecular weight excluding hydrogens is 449 g/mol. The summed E-state index contributed by atoms with van der Waals surface area (Å²) in [5, 5.41) is 13.8. The molecule has 0 saturated carbocycles. The summed E-state index contributed by atoms with van der Waals surface area (Å²) in [6.45, 7) is 0. The number of hydrogen-bond donors (Lipinski definition) is 2. The lowest BCUT2D eigenvalue weighted by Crippen LogP contribution is -2.18. The molecule has 3 N–H and O–H groups in total. The maximum absolute atomic E-state index is 12.5. The number of nitro groups is 1. The van der Waals surface area contributed by atoms with Gasteiger partial charge in [0.2, 0.25) is 11.6 Å². The number of alkyl halides is 3. The van der Waals surface area contributed by atoms with Gasteiger partial charge in [-0.15, -0.1) is 13.2 Å². The molecule has 0 radical (unpaired) electrons. The van der Waals surface area contributed by atoms with E-state index in [0.717, 1.165) is 12.1 Å². The van der Waals surface area contributed by atoms with Crippen LogP contribution in [0.15, 0.2) is 54.7 Å². The van der Waals surface area contributed by atoms with Crippen molar-refractivity contribution in [2.75, 3.05) is 18.2 Å². The van der Waals surface area contributed by atoms with Crippen molar-refractivity contribution >= 4 is 23.1 Å². The van der Waals surface area contributed by atoms with Gasteiger partial charge in [0.1, 0.15) is 17.2 Å². The van der Waals surface area contributed by atoms with Gasteiger partial charge in [-0.2, -0.15) is 0 Å². The molecule has 13 heteroatoms. The number of aromatic nitrogens is 1. The predicted octanol–water partition coefficient (Wildman–Crippen LogP) is 4.52. The Kier molecular flexibility index (Phi) is 6.51. The number of benzene rings is 2. The molecule has 172 valence electrons. The summed E-state index contributed by atoms with van der Waals surface area (Å²) in [6, 6.07) is 9.86. The number of rotatable bonds is 7. The second-order valence-electron chi connectivity index (χ2n) is 6.33. The monoisotopic (exact) mass is 464 g/mol. The normalized spacial score (nSPS) is 10.9. The zero-order valence-electron chi connectivity index (χ0n) is 16.8. The van der Waals surface area contributed by atoms with E-state index < -0.39 is 28.6 Å². The lowest BCUT2D eigenvalue weighted by atomic mass is 10.2. The molecule has 3 aromatic rings. The van der Waals surface area contributed by atoms with E-state index >= 15 is 0 Å². The highest BCUT2D eigenvalue weighted by Crippen LogP contribution is 2.37. The molecule has 2 aromatic carbocycles. The van der Waals surface area contributed by atoms with Gasteiger partial charge in [0.15, 0.2) is 0 Å². The summed E-state index contributed by atoms with van der Waals surface area (Å²) >= 11 is 0. The SMILES string of the molecule is COc1cc(NC(=O)c2cccc(OC(F)(F)F)c2)cc(Oc2ccnc(N)c2[N+](=O)[O-])c1. The van der Waals surface area contributed by atoms with Crippen molar-refractivity contribution < 1.29 is 37.1 Å². The number of nitrogens with zero attached hydrogens (tertiary/aromatic N) is 2. The van der Waals surface area contributed by atoms with Crippen LogP contribution in [0.2, 0.25) is 0 Å². The first-order valence-corrected chi connectivity index (χ1v) is 8.98. The highest BCUT2D eigenvalue weighted by molar-refractivity contribution is 6.04. The molecule has 1 aromatic heterocycles. The van der Waals surface area contributed by atoms with Gasteiger partial charge in [0.05, 0.1) is 12.0 Å². The molecule has 0 unspecified atom stereocenters. The minimum atomic E-state index is -4.91. The van der Waals surface area contributed by atoms with Crippen LogP contribution in [-0.2, 0) is 0 Å². The van der Waals surface area contributed by atoms with Crippen LogP contribution in [0.4, 0.5) is 30.4 Å². The first-order valence-electron chi connectivity index (χ1n) is 8.98. The van der Waals surface area contributed by atoms with Crippen molar-refractivity contribution in [3.8, 4) is 23.0 Å². The van der Waals surface area contributed by atoms with Gasteiger partial charge < -0.3 is 25.3 Å². The third-order valence-corrected chi connectivity index (χ3v) is 4.03. The maximum atomic E-state index is 12.5. The Morgan fingerprint density at radius 3 is 2.52 bits per heavy atom. The van der Waals surface area contributed by atoms with E-state index in [4.69, 9.17) is 15.2 Å². The van der Waals surface area contributed by atoms with Crippen molar-refractivity contribution in [2.24, 2.45) is 0 Å². The van der Waals surface area contributed by atoms with Crippen LogP contribution < -0.4 is 25.3 Å². The Morgan fingerprint density at radius 1 is 1.12 bits per heavy atom. The Bertz CT molecular complexity index is 1200. The fraction of sp³-hybridized carbons (Fsp3) is 0.100. The number of carbonyl (C=O) groups is 1. The first-order chi connectivity index (χ1) is 15.6. The maximum Gasteiger partial charge on any atom is 0.573 e. The van der Waals surface area contributed by atoms with Gasteiger partial charge in [-0.25, -0.2) is 4.98 Å². The molecule has 0 aliphatic carbocycles. The third kappa shape index (κ3) is 6.00. The van der Waals surface area contributed by atoms with E-state index in [1.165, 1.54) is 49.7 Å². The molecule has 33 heavy (non-hydrogen) atoms. The zero-order valence-corrected chi connectivity index (χ0v) is 16.8. The minimum absolute atomic E-state index is 0.0486. The fourth-order valence-corrected chi connectivity index (χ4v) is 2.70. The van der Waals surface area contributed by atoms with Gasteiger partial charge in [-0.1, -0.05) is 6.07 Å². The van der Waals surface area contributed by atoms with Crippen LogP contribution in [-0.4, -0.2) is 29.3 Å². The molecule has 0 spiro atoms. The molecule has 0 atom stereocenters. The van der Waals surface area contributed by atoms with Crippen molar-refractivity contribution in [1.82, 2.24) is 4.98 Å². The standard InChI is InChI=1S/C20H15F3N4O6/c1-31-14-8-12(26-19(28)11-3-2-4-13(7-11)33-20(21,22)23)9-15(10-14)32-16-5-6-25-18(24)17(16)27(29)30/h2-10H,1H3,(H2,24,25)(H,26,28). The van der Waals surface area contributed by atoms with E-state index in [1.807, 2.05) is 0 Å². The molecule has 10 nitrogen and oxygen atoms in total. The molecular formula is C20H15F3N4O6. The Labute approximate surface area is 183 Å². The summed E-state index contributed by atoms with van der Waals surface area (Å²) in [6.07, 6.45) is -3.69. The highest BCUT2D eigenvalue weighted by atomic mass is 19.4. The van der Waals surface area contributed by atoms with Crippen LogP contribution >= 0.6 is 0 Å². The number of nitrogens with two attached hydrogens (primary N) is 1. The second kappa shape index (κ2) is 9.30. The number of ether oxygens (including phenoxy) is 3. The number of pyridine rings is 1. The average molecular weight is 464 g/mol. The molecule has 0 aliphatic heterocycles. The quantitative estimate of drug-likeness (QED) is 0.384. The molecule has 0 fully saturated rings. The Morgan fingerprint density at radius 2 is 1.85 bits per heavy atom. The molecule has 0 aliphatic rings. The largest absolute Gasteiger partial charge is 0.573 e. The lowest BCUT2D eigenvalue weighted by Gasteiger charge is -2.13. The summed E-state index contributed by atoms with van der Waals surface area (Å²) < 4.78 is 51.8. The van der Waals surface area contributed by atoms with Crippen LogP contribution in [0.5, 0.6) is 23.0 Å². The number of nitrogen functional groups attached to an aromatic ring is 1. The highest BCUT2D eigenvalue weighted by Gasteiger charge is 2.31. The van der Waals surface area contributed by atoms with Gasteiger partial charge in [0.25, 0.3) is 5.91 Å². The summed E-state index contributed by atoms with van der Waals surface area (Å²) in [5.41, 5.74) is 5.03.